The van der Waals surface area contributed by atoms with Crippen LogP contribution in [0.15, 0.2) is 52.2 Å². The minimum Gasteiger partial charge on any atom is -0.353 e. The van der Waals surface area contributed by atoms with Gasteiger partial charge < -0.3 is 9.47 Å². The minimum atomic E-state index is -0.603. The van der Waals surface area contributed by atoms with Gasteiger partial charge in [-0.15, -0.1) is 0 Å². The lowest BCUT2D eigenvalue weighted by Gasteiger charge is -2.22. The first-order chi connectivity index (χ1) is 14.1. The molecule has 154 valence electrons. The molecule has 0 bridgehead atoms. The second kappa shape index (κ2) is 8.88. The molecule has 7 nitrogen and oxygen atoms in total. The van der Waals surface area contributed by atoms with E-state index < -0.39 is 17.2 Å². The molecule has 4 rings (SSSR count). The van der Waals surface area contributed by atoms with E-state index in [1.54, 1.807) is 30.3 Å². The maximum absolute atomic E-state index is 12.8. The highest BCUT2D eigenvalue weighted by atomic mass is 16.7. The van der Waals surface area contributed by atoms with Crippen LogP contribution < -0.4 is 11.2 Å². The summed E-state index contributed by atoms with van der Waals surface area (Å²) in [5.74, 6) is 0.264. The fraction of sp³-hybridized carbons (Fsp3) is 0.500. The van der Waals surface area contributed by atoms with E-state index in [-0.39, 0.29) is 6.29 Å². The molecule has 7 heteroatoms. The highest BCUT2D eigenvalue weighted by Gasteiger charge is 2.37. The molecule has 1 aromatic heterocycles. The van der Waals surface area contributed by atoms with Crippen molar-refractivity contribution in [2.45, 2.75) is 44.9 Å². The topological polar surface area (TPSA) is 79.5 Å². The van der Waals surface area contributed by atoms with Crippen LogP contribution in [0.1, 0.15) is 42.5 Å². The highest BCUT2D eigenvalue weighted by Crippen LogP contribution is 2.42. The van der Waals surface area contributed by atoms with Crippen LogP contribution in [-0.2, 0) is 16.0 Å². The molecule has 2 heterocycles. The van der Waals surface area contributed by atoms with Gasteiger partial charge in [-0.05, 0) is 56.1 Å². The Hall–Kier alpha value is -2.51. The summed E-state index contributed by atoms with van der Waals surface area (Å²) in [6.07, 6.45) is 6.58. The van der Waals surface area contributed by atoms with Crippen molar-refractivity contribution in [3.63, 3.8) is 0 Å². The molecule has 2 aliphatic rings. The van der Waals surface area contributed by atoms with Gasteiger partial charge in [0, 0.05) is 31.0 Å². The Balaban J connectivity index is 1.36. The number of aromatic nitrogens is 2. The first-order valence-electron chi connectivity index (χ1n) is 10.3. The highest BCUT2D eigenvalue weighted by molar-refractivity contribution is 5.95. The maximum Gasteiger partial charge on any atom is 0.338 e. The average Bonchev–Trinajstić information content (AvgIpc) is 3.49. The van der Waals surface area contributed by atoms with Crippen LogP contribution in [0.25, 0.3) is 0 Å². The zero-order valence-corrected chi connectivity index (χ0v) is 16.4. The van der Waals surface area contributed by atoms with Crippen LogP contribution in [0, 0.1) is 11.8 Å². The Morgan fingerprint density at radius 1 is 1.10 bits per heavy atom. The van der Waals surface area contributed by atoms with E-state index in [4.69, 9.17) is 9.47 Å². The van der Waals surface area contributed by atoms with Crippen molar-refractivity contribution >= 4 is 5.91 Å². The van der Waals surface area contributed by atoms with Crippen molar-refractivity contribution in [2.24, 2.45) is 11.8 Å². The van der Waals surface area contributed by atoms with Crippen molar-refractivity contribution < 1.29 is 14.3 Å². The zero-order valence-electron chi connectivity index (χ0n) is 16.4. The molecule has 2 fully saturated rings. The largest absolute Gasteiger partial charge is 0.353 e. The Morgan fingerprint density at radius 2 is 1.93 bits per heavy atom. The number of carbonyl (C=O) groups excluding carboxylic acids is 1. The summed E-state index contributed by atoms with van der Waals surface area (Å²) < 4.78 is 13.5. The van der Waals surface area contributed by atoms with Gasteiger partial charge in [0.15, 0.2) is 6.29 Å². The van der Waals surface area contributed by atoms with E-state index in [0.29, 0.717) is 30.6 Å². The van der Waals surface area contributed by atoms with Crippen molar-refractivity contribution in [3.8, 4) is 0 Å². The molecule has 1 saturated carbocycles. The van der Waals surface area contributed by atoms with Gasteiger partial charge in [-0.3, -0.25) is 14.2 Å². The number of ether oxygens (including phenoxy) is 2. The third-order valence-electron chi connectivity index (χ3n) is 5.71. The van der Waals surface area contributed by atoms with Gasteiger partial charge in [-0.25, -0.2) is 4.79 Å². The van der Waals surface area contributed by atoms with Crippen molar-refractivity contribution in [1.82, 2.24) is 9.13 Å². The number of nitrogens with zero attached hydrogens (tertiary/aromatic N) is 2. The minimum absolute atomic E-state index is 0.0730. The Kier molecular flexibility index (Phi) is 6.06. The molecule has 1 aliphatic carbocycles. The lowest BCUT2D eigenvalue weighted by molar-refractivity contribution is -0.163. The number of hydrogen-bond acceptors (Lipinski definition) is 5. The normalized spacial score (nSPS) is 23.7. The Labute approximate surface area is 168 Å². The molecule has 29 heavy (non-hydrogen) atoms. The van der Waals surface area contributed by atoms with Gasteiger partial charge in [0.25, 0.3) is 11.5 Å². The molecular formula is C22H26N2O5. The predicted molar refractivity (Wildman–Crippen MR) is 107 cm³/mol. The average molecular weight is 398 g/mol. The van der Waals surface area contributed by atoms with Gasteiger partial charge in [0.1, 0.15) is 0 Å². The summed E-state index contributed by atoms with van der Waals surface area (Å²) >= 11 is 0. The first kappa shape index (κ1) is 19.8. The summed E-state index contributed by atoms with van der Waals surface area (Å²) in [5.41, 5.74) is -0.868. The fourth-order valence-corrected chi connectivity index (χ4v) is 3.88. The van der Waals surface area contributed by atoms with Crippen molar-refractivity contribution in [3.05, 3.63) is 69.0 Å². The molecule has 1 aromatic carbocycles. The third-order valence-corrected chi connectivity index (χ3v) is 5.71. The summed E-state index contributed by atoms with van der Waals surface area (Å²) in [6, 6.07) is 9.66. The first-order valence-corrected chi connectivity index (χ1v) is 10.3. The van der Waals surface area contributed by atoms with Gasteiger partial charge in [-0.1, -0.05) is 18.2 Å². The molecule has 1 unspecified atom stereocenters. The fourth-order valence-electron chi connectivity index (χ4n) is 3.88. The predicted octanol–water partition coefficient (Wildman–Crippen LogP) is 2.27. The summed E-state index contributed by atoms with van der Waals surface area (Å²) in [5, 5.41) is 0. The Bertz CT molecular complexity index is 959. The van der Waals surface area contributed by atoms with E-state index in [1.807, 2.05) is 0 Å². The maximum atomic E-state index is 12.8. The smallest absolute Gasteiger partial charge is 0.338 e. The molecule has 1 saturated heterocycles. The van der Waals surface area contributed by atoms with E-state index in [0.717, 1.165) is 43.3 Å². The summed E-state index contributed by atoms with van der Waals surface area (Å²) in [7, 11) is 0. The molecule has 0 N–H and O–H groups in total. The van der Waals surface area contributed by atoms with Crippen molar-refractivity contribution in [1.29, 1.82) is 0 Å². The lowest BCUT2D eigenvalue weighted by atomic mass is 10.2. The van der Waals surface area contributed by atoms with Crippen molar-refractivity contribution in [2.75, 3.05) is 13.2 Å². The van der Waals surface area contributed by atoms with Crippen LogP contribution in [-0.4, -0.2) is 34.5 Å². The lowest BCUT2D eigenvalue weighted by Crippen LogP contribution is -2.43. The monoisotopic (exact) mass is 398 g/mol. The van der Waals surface area contributed by atoms with Crippen LogP contribution >= 0.6 is 0 Å². The van der Waals surface area contributed by atoms with Crippen LogP contribution in [0.5, 0.6) is 0 Å². The molecule has 0 spiro atoms. The second-order valence-corrected chi connectivity index (χ2v) is 7.81. The Morgan fingerprint density at radius 3 is 2.69 bits per heavy atom. The molecule has 1 aliphatic heterocycles. The number of carbonyl (C=O) groups is 1. The van der Waals surface area contributed by atoms with Gasteiger partial charge in [0.2, 0.25) is 0 Å². The summed E-state index contributed by atoms with van der Waals surface area (Å²) in [4.78, 5) is 37.5. The second-order valence-electron chi connectivity index (χ2n) is 7.81. The molecular weight excluding hydrogens is 372 g/mol. The molecule has 0 radical (unpaired) electrons. The van der Waals surface area contributed by atoms with Crippen LogP contribution in [0.4, 0.5) is 0 Å². The third kappa shape index (κ3) is 4.74. The molecule has 2 aromatic rings. The van der Waals surface area contributed by atoms with Gasteiger partial charge >= 0.3 is 5.69 Å². The standard InChI is InChI=1S/C22H26N2O5/c25-19-9-11-23(22(27)24(19)21(26)16-6-2-1-3-7-16)15-18-14-17(18)10-13-29-20-8-4-5-12-28-20/h1-3,6-7,9,11,17-18,20H,4-5,8,10,12-15H2/t17-,18-,20?/m1/s1. The van der Waals surface area contributed by atoms with E-state index in [1.165, 1.54) is 16.8 Å². The van der Waals surface area contributed by atoms with Gasteiger partial charge in [0.05, 0.1) is 6.61 Å². The van der Waals surface area contributed by atoms with E-state index in [9.17, 15) is 14.4 Å². The SMILES string of the molecule is O=C(c1ccccc1)n1c(=O)ccn(C[C@H]2C[C@H]2CCOC2CCCCO2)c1=O. The zero-order chi connectivity index (χ0) is 20.2. The summed E-state index contributed by atoms with van der Waals surface area (Å²) in [6.45, 7) is 1.94. The molecule has 3 atom stereocenters. The quantitative estimate of drug-likeness (QED) is 0.715. The number of hydrogen-bond donors (Lipinski definition) is 0. The molecule has 0 amide bonds. The van der Waals surface area contributed by atoms with Crippen LogP contribution in [0.2, 0.25) is 0 Å². The van der Waals surface area contributed by atoms with E-state index in [2.05, 4.69) is 0 Å². The number of rotatable bonds is 7. The van der Waals surface area contributed by atoms with Crippen LogP contribution in [0.3, 0.4) is 0 Å². The van der Waals surface area contributed by atoms with E-state index >= 15 is 0 Å². The number of benzene rings is 1. The van der Waals surface area contributed by atoms with Gasteiger partial charge in [-0.2, -0.15) is 4.57 Å².